The van der Waals surface area contributed by atoms with Crippen molar-refractivity contribution in [2.45, 2.75) is 19.2 Å². The summed E-state index contributed by atoms with van der Waals surface area (Å²) in [7, 11) is 0. The number of hydrogen-bond acceptors (Lipinski definition) is 6. The van der Waals surface area contributed by atoms with Gasteiger partial charge >= 0.3 is 0 Å². The molecule has 0 atom stereocenters. The van der Waals surface area contributed by atoms with Crippen molar-refractivity contribution in [1.29, 1.82) is 5.26 Å². The number of nitrogens with zero attached hydrogens (tertiary/aromatic N) is 4. The van der Waals surface area contributed by atoms with Gasteiger partial charge in [0.05, 0.1) is 24.3 Å². The number of hydrogen-bond donors (Lipinski definition) is 4. The summed E-state index contributed by atoms with van der Waals surface area (Å²) in [5, 5.41) is 17.8. The second kappa shape index (κ2) is 11.9. The summed E-state index contributed by atoms with van der Waals surface area (Å²) in [4.78, 5) is 16.0. The van der Waals surface area contributed by atoms with Gasteiger partial charge in [-0.1, -0.05) is 6.07 Å². The molecule has 0 bridgehead atoms. The van der Waals surface area contributed by atoms with Crippen LogP contribution in [0.15, 0.2) is 35.7 Å². The molecule has 0 unspecified atom stereocenters. The number of nitrogens with one attached hydrogen (secondary N) is 4. The van der Waals surface area contributed by atoms with Crippen molar-refractivity contribution in [2.75, 3.05) is 25.4 Å². The van der Waals surface area contributed by atoms with E-state index < -0.39 is 0 Å². The van der Waals surface area contributed by atoms with E-state index in [-0.39, 0.29) is 0 Å². The highest BCUT2D eigenvalue weighted by Gasteiger charge is 2.01. The monoisotopic (exact) mass is 372 g/mol. The lowest BCUT2D eigenvalue weighted by Gasteiger charge is -2.08. The zero-order chi connectivity index (χ0) is 18.5. The number of imidazole rings is 1. The van der Waals surface area contributed by atoms with Crippen molar-refractivity contribution in [3.63, 3.8) is 0 Å². The molecule has 0 aromatic carbocycles. The van der Waals surface area contributed by atoms with Crippen LogP contribution < -0.4 is 16.0 Å². The molecule has 8 nitrogen and oxygen atoms in total. The average molecular weight is 373 g/mol. The van der Waals surface area contributed by atoms with Crippen molar-refractivity contribution < 1.29 is 0 Å². The van der Waals surface area contributed by atoms with E-state index in [9.17, 15) is 0 Å². The van der Waals surface area contributed by atoms with Gasteiger partial charge in [-0.3, -0.25) is 15.3 Å². The van der Waals surface area contributed by atoms with Gasteiger partial charge in [0, 0.05) is 43.0 Å². The normalized spacial score (nSPS) is 11.2. The van der Waals surface area contributed by atoms with Crippen molar-refractivity contribution in [3.8, 4) is 6.19 Å². The molecule has 26 heavy (non-hydrogen) atoms. The molecule has 0 aliphatic carbocycles. The quantitative estimate of drug-likeness (QED) is 0.163. The Morgan fingerprint density at radius 3 is 3.00 bits per heavy atom. The minimum absolute atomic E-state index is 0.503. The number of nitriles is 1. The first-order valence-corrected chi connectivity index (χ1v) is 9.55. The standard InChI is InChI=1S/C17H24N8S/c1-14-16(25-13-24-14)11-26-9-8-22-17(23-12-18)21-7-6-19-10-15-4-2-3-5-20-15/h2-5,13,19H,6-11H2,1H3,(H,24,25)(H2,21,22,23). The van der Waals surface area contributed by atoms with Crippen molar-refractivity contribution in [3.05, 3.63) is 47.8 Å². The molecule has 2 heterocycles. The molecule has 0 saturated carbocycles. The Labute approximate surface area is 157 Å². The van der Waals surface area contributed by atoms with Crippen LogP contribution in [-0.2, 0) is 12.3 Å². The highest BCUT2D eigenvalue weighted by atomic mass is 32.2. The lowest BCUT2D eigenvalue weighted by atomic mass is 10.3. The van der Waals surface area contributed by atoms with E-state index >= 15 is 0 Å². The number of pyridine rings is 1. The van der Waals surface area contributed by atoms with E-state index in [0.717, 1.165) is 35.1 Å². The van der Waals surface area contributed by atoms with Crippen LogP contribution >= 0.6 is 11.8 Å². The highest BCUT2D eigenvalue weighted by molar-refractivity contribution is 7.98. The van der Waals surface area contributed by atoms with E-state index in [4.69, 9.17) is 5.26 Å². The first-order chi connectivity index (χ1) is 12.8. The molecule has 0 spiro atoms. The molecular weight excluding hydrogens is 348 g/mol. The molecule has 0 radical (unpaired) electrons. The minimum atomic E-state index is 0.503. The molecule has 0 aliphatic rings. The SMILES string of the molecule is Cc1[nH]cnc1CSCCNC(=NCCNCc1ccccn1)NC#N. The van der Waals surface area contributed by atoms with Gasteiger partial charge in [-0.25, -0.2) is 4.98 Å². The van der Waals surface area contributed by atoms with Crippen LogP contribution in [0.5, 0.6) is 0 Å². The fraction of sp³-hybridized carbons (Fsp3) is 0.412. The number of thioether (sulfide) groups is 1. The molecule has 138 valence electrons. The van der Waals surface area contributed by atoms with Crippen LogP contribution in [0.4, 0.5) is 0 Å². The van der Waals surface area contributed by atoms with Crippen LogP contribution in [0, 0.1) is 18.4 Å². The van der Waals surface area contributed by atoms with E-state index in [1.165, 1.54) is 0 Å². The van der Waals surface area contributed by atoms with E-state index in [0.29, 0.717) is 25.6 Å². The molecule has 2 rings (SSSR count). The van der Waals surface area contributed by atoms with Gasteiger partial charge in [0.15, 0.2) is 6.19 Å². The number of rotatable bonds is 10. The van der Waals surface area contributed by atoms with Crippen LogP contribution in [0.2, 0.25) is 0 Å². The lowest BCUT2D eigenvalue weighted by molar-refractivity contribution is 0.680. The highest BCUT2D eigenvalue weighted by Crippen LogP contribution is 2.11. The predicted molar refractivity (Wildman–Crippen MR) is 104 cm³/mol. The Balaban J connectivity index is 1.60. The molecule has 9 heteroatoms. The van der Waals surface area contributed by atoms with Crippen molar-refractivity contribution >= 4 is 17.7 Å². The van der Waals surface area contributed by atoms with Crippen molar-refractivity contribution in [2.24, 2.45) is 4.99 Å². The summed E-state index contributed by atoms with van der Waals surface area (Å²) >= 11 is 1.78. The topological polar surface area (TPSA) is 114 Å². The second-order valence-electron chi connectivity index (χ2n) is 5.42. The first kappa shape index (κ1) is 19.8. The average Bonchev–Trinajstić information content (AvgIpc) is 3.07. The van der Waals surface area contributed by atoms with Crippen LogP contribution in [0.1, 0.15) is 17.1 Å². The molecule has 0 aliphatic heterocycles. The summed E-state index contributed by atoms with van der Waals surface area (Å²) < 4.78 is 0. The number of aryl methyl sites for hydroxylation is 1. The molecular formula is C17H24N8S. The third-order valence-electron chi connectivity index (χ3n) is 3.48. The molecule has 0 saturated heterocycles. The summed E-state index contributed by atoms with van der Waals surface area (Å²) in [5.41, 5.74) is 3.18. The van der Waals surface area contributed by atoms with Gasteiger partial charge in [0.1, 0.15) is 0 Å². The second-order valence-corrected chi connectivity index (χ2v) is 6.52. The first-order valence-electron chi connectivity index (χ1n) is 8.40. The third kappa shape index (κ3) is 7.55. The maximum Gasteiger partial charge on any atom is 0.204 e. The third-order valence-corrected chi connectivity index (χ3v) is 4.45. The summed E-state index contributed by atoms with van der Waals surface area (Å²) in [6.45, 7) is 4.73. The maximum absolute atomic E-state index is 8.82. The summed E-state index contributed by atoms with van der Waals surface area (Å²) in [6.07, 6.45) is 5.40. The molecule has 0 amide bonds. The van der Waals surface area contributed by atoms with Gasteiger partial charge in [-0.2, -0.15) is 17.0 Å². The molecule has 4 N–H and O–H groups in total. The molecule has 0 fully saturated rings. The number of H-pyrrole nitrogens is 1. The molecule has 2 aromatic rings. The van der Waals surface area contributed by atoms with Crippen LogP contribution in [0.3, 0.4) is 0 Å². The van der Waals surface area contributed by atoms with Crippen LogP contribution in [0.25, 0.3) is 0 Å². The Morgan fingerprint density at radius 2 is 2.27 bits per heavy atom. The Morgan fingerprint density at radius 1 is 1.35 bits per heavy atom. The Kier molecular flexibility index (Phi) is 9.03. The van der Waals surface area contributed by atoms with E-state index in [2.05, 4.69) is 35.9 Å². The van der Waals surface area contributed by atoms with Crippen LogP contribution in [-0.4, -0.2) is 46.3 Å². The Bertz CT molecular complexity index is 707. The smallest absolute Gasteiger partial charge is 0.204 e. The van der Waals surface area contributed by atoms with Crippen molar-refractivity contribution in [1.82, 2.24) is 30.9 Å². The maximum atomic E-state index is 8.82. The van der Waals surface area contributed by atoms with E-state index in [1.807, 2.05) is 31.3 Å². The Hall–Kier alpha value is -2.57. The number of aliphatic imine (C=N–C) groups is 1. The van der Waals surface area contributed by atoms with Gasteiger partial charge < -0.3 is 15.6 Å². The van der Waals surface area contributed by atoms with Gasteiger partial charge in [0.2, 0.25) is 5.96 Å². The summed E-state index contributed by atoms with van der Waals surface area (Å²) in [6, 6.07) is 5.84. The predicted octanol–water partition coefficient (Wildman–Crippen LogP) is 1.15. The largest absolute Gasteiger partial charge is 0.355 e. The minimum Gasteiger partial charge on any atom is -0.355 e. The lowest BCUT2D eigenvalue weighted by Crippen LogP contribution is -2.36. The van der Waals surface area contributed by atoms with Gasteiger partial charge in [-0.15, -0.1) is 0 Å². The fourth-order valence-electron chi connectivity index (χ4n) is 2.10. The van der Waals surface area contributed by atoms with Gasteiger partial charge in [-0.05, 0) is 19.1 Å². The summed E-state index contributed by atoms with van der Waals surface area (Å²) in [5.74, 6) is 2.27. The zero-order valence-electron chi connectivity index (χ0n) is 14.8. The number of aromatic nitrogens is 3. The van der Waals surface area contributed by atoms with E-state index in [1.54, 1.807) is 24.3 Å². The zero-order valence-corrected chi connectivity index (χ0v) is 15.6. The van der Waals surface area contributed by atoms with Gasteiger partial charge in [0.25, 0.3) is 0 Å². The number of guanidine groups is 1. The fourth-order valence-corrected chi connectivity index (χ4v) is 2.98. The number of aromatic amines is 1. The molecule has 2 aromatic heterocycles.